The molecule has 37 heavy (non-hydrogen) atoms. The van der Waals surface area contributed by atoms with Crippen LogP contribution >= 0.6 is 0 Å². The largest absolute Gasteiger partial charge is 0.454 e. The van der Waals surface area contributed by atoms with Crippen LogP contribution in [-0.4, -0.2) is 34.7 Å². The molecular weight excluding hydrogens is 470 g/mol. The standard InChI is InChI=1S/C29H33N3O5/c1-29(2,3)21-11-9-20(10-12-21)28(34)32(22-6-4-5-7-22)17-23-15-24(31-37-23)27(33)30-16-19-8-13-25-26(14-19)36-18-35-25/h8-15,22H,4-7,16-18H2,1-3H3,(H,30,33). The quantitative estimate of drug-likeness (QED) is 0.475. The first-order chi connectivity index (χ1) is 17.8. The van der Waals surface area contributed by atoms with E-state index in [9.17, 15) is 9.59 Å². The predicted octanol–water partition coefficient (Wildman–Crippen LogP) is 5.22. The third-order valence-corrected chi connectivity index (χ3v) is 7.03. The Morgan fingerprint density at radius 2 is 1.73 bits per heavy atom. The van der Waals surface area contributed by atoms with Crippen LogP contribution in [0.3, 0.4) is 0 Å². The van der Waals surface area contributed by atoms with Crippen molar-refractivity contribution in [2.24, 2.45) is 0 Å². The summed E-state index contributed by atoms with van der Waals surface area (Å²) in [5.74, 6) is 1.48. The number of hydrogen-bond acceptors (Lipinski definition) is 6. The molecule has 2 heterocycles. The Morgan fingerprint density at radius 3 is 2.46 bits per heavy atom. The van der Waals surface area contributed by atoms with Crippen LogP contribution in [0.2, 0.25) is 0 Å². The molecule has 1 aliphatic heterocycles. The summed E-state index contributed by atoms with van der Waals surface area (Å²) in [6.07, 6.45) is 4.12. The number of aromatic nitrogens is 1. The van der Waals surface area contributed by atoms with Crippen molar-refractivity contribution in [3.63, 3.8) is 0 Å². The molecule has 0 atom stereocenters. The lowest BCUT2D eigenvalue weighted by Gasteiger charge is -2.28. The zero-order valence-electron chi connectivity index (χ0n) is 21.6. The van der Waals surface area contributed by atoms with Crippen molar-refractivity contribution >= 4 is 11.8 Å². The lowest BCUT2D eigenvalue weighted by Crippen LogP contribution is -2.38. The first-order valence-electron chi connectivity index (χ1n) is 12.8. The van der Waals surface area contributed by atoms with Crippen LogP contribution < -0.4 is 14.8 Å². The lowest BCUT2D eigenvalue weighted by molar-refractivity contribution is 0.0643. The molecule has 194 valence electrons. The molecule has 2 aromatic carbocycles. The Hall–Kier alpha value is -3.81. The fourth-order valence-corrected chi connectivity index (χ4v) is 4.85. The number of ether oxygens (including phenoxy) is 2. The van der Waals surface area contributed by atoms with Gasteiger partial charge in [-0.15, -0.1) is 0 Å². The number of benzene rings is 2. The normalized spacial score (nSPS) is 15.1. The van der Waals surface area contributed by atoms with Crippen molar-refractivity contribution in [2.45, 2.75) is 71.0 Å². The second-order valence-corrected chi connectivity index (χ2v) is 10.7. The molecule has 2 amide bonds. The SMILES string of the molecule is CC(C)(C)c1ccc(C(=O)N(Cc2cc(C(=O)NCc3ccc4c(c3)OCO4)no2)C2CCCC2)cc1. The summed E-state index contributed by atoms with van der Waals surface area (Å²) in [4.78, 5) is 28.1. The maximum atomic E-state index is 13.5. The highest BCUT2D eigenvalue weighted by Crippen LogP contribution is 2.32. The van der Waals surface area contributed by atoms with E-state index in [1.54, 1.807) is 6.07 Å². The van der Waals surface area contributed by atoms with Gasteiger partial charge in [-0.1, -0.05) is 57.0 Å². The van der Waals surface area contributed by atoms with Crippen LogP contribution in [-0.2, 0) is 18.5 Å². The highest BCUT2D eigenvalue weighted by atomic mass is 16.7. The average Bonchev–Trinajstić information content (AvgIpc) is 3.66. The highest BCUT2D eigenvalue weighted by molar-refractivity contribution is 5.94. The van der Waals surface area contributed by atoms with E-state index in [1.165, 1.54) is 5.56 Å². The van der Waals surface area contributed by atoms with Gasteiger partial charge in [0.25, 0.3) is 11.8 Å². The summed E-state index contributed by atoms with van der Waals surface area (Å²) in [5, 5.41) is 6.82. The first kappa shape index (κ1) is 24.9. The Labute approximate surface area is 216 Å². The Bertz CT molecular complexity index is 1270. The lowest BCUT2D eigenvalue weighted by atomic mass is 9.86. The molecule has 1 N–H and O–H groups in total. The van der Waals surface area contributed by atoms with E-state index in [4.69, 9.17) is 14.0 Å². The van der Waals surface area contributed by atoms with E-state index in [0.717, 1.165) is 31.2 Å². The summed E-state index contributed by atoms with van der Waals surface area (Å²) >= 11 is 0. The van der Waals surface area contributed by atoms with Crippen molar-refractivity contribution in [3.05, 3.63) is 76.7 Å². The van der Waals surface area contributed by atoms with E-state index in [1.807, 2.05) is 47.4 Å². The topological polar surface area (TPSA) is 93.9 Å². The molecule has 0 spiro atoms. The zero-order chi connectivity index (χ0) is 26.0. The predicted molar refractivity (Wildman–Crippen MR) is 138 cm³/mol. The number of hydrogen-bond donors (Lipinski definition) is 1. The second kappa shape index (κ2) is 10.3. The number of carbonyl (C=O) groups is 2. The number of nitrogens with zero attached hydrogens (tertiary/aromatic N) is 2. The summed E-state index contributed by atoms with van der Waals surface area (Å²) in [7, 11) is 0. The molecule has 0 radical (unpaired) electrons. The summed E-state index contributed by atoms with van der Waals surface area (Å²) < 4.78 is 16.2. The van der Waals surface area contributed by atoms with Crippen LogP contribution in [0.25, 0.3) is 0 Å². The van der Waals surface area contributed by atoms with Crippen LogP contribution in [0.4, 0.5) is 0 Å². The van der Waals surface area contributed by atoms with Gasteiger partial charge in [0.2, 0.25) is 6.79 Å². The van der Waals surface area contributed by atoms with Gasteiger partial charge >= 0.3 is 0 Å². The van der Waals surface area contributed by atoms with Crippen molar-refractivity contribution in [3.8, 4) is 11.5 Å². The summed E-state index contributed by atoms with van der Waals surface area (Å²) in [6, 6.07) is 15.2. The Kier molecular flexibility index (Phi) is 6.91. The van der Waals surface area contributed by atoms with Gasteiger partial charge in [0.15, 0.2) is 23.0 Å². The van der Waals surface area contributed by atoms with Gasteiger partial charge in [-0.2, -0.15) is 0 Å². The van der Waals surface area contributed by atoms with Crippen LogP contribution in [0.5, 0.6) is 11.5 Å². The van der Waals surface area contributed by atoms with E-state index >= 15 is 0 Å². The van der Waals surface area contributed by atoms with Crippen LogP contribution in [0.15, 0.2) is 53.1 Å². The van der Waals surface area contributed by atoms with Gasteiger partial charge in [-0.3, -0.25) is 9.59 Å². The molecule has 2 aliphatic rings. The minimum absolute atomic E-state index is 0.0201. The van der Waals surface area contributed by atoms with Crippen molar-refractivity contribution in [1.29, 1.82) is 0 Å². The van der Waals surface area contributed by atoms with Crippen LogP contribution in [0.1, 0.15) is 84.2 Å². The van der Waals surface area contributed by atoms with E-state index in [0.29, 0.717) is 29.4 Å². The first-order valence-corrected chi connectivity index (χ1v) is 12.8. The summed E-state index contributed by atoms with van der Waals surface area (Å²) in [5.41, 5.74) is 2.93. The third kappa shape index (κ3) is 5.63. The monoisotopic (exact) mass is 503 g/mol. The fraction of sp³-hybridized carbons (Fsp3) is 0.414. The molecule has 0 saturated heterocycles. The van der Waals surface area contributed by atoms with E-state index < -0.39 is 0 Å². The van der Waals surface area contributed by atoms with E-state index in [2.05, 4.69) is 31.2 Å². The van der Waals surface area contributed by atoms with Crippen molar-refractivity contribution in [1.82, 2.24) is 15.4 Å². The minimum atomic E-state index is -0.343. The molecule has 8 nitrogen and oxygen atoms in total. The molecule has 8 heteroatoms. The maximum absolute atomic E-state index is 13.5. The number of amides is 2. The van der Waals surface area contributed by atoms with Crippen molar-refractivity contribution < 1.29 is 23.6 Å². The number of rotatable bonds is 7. The summed E-state index contributed by atoms with van der Waals surface area (Å²) in [6.45, 7) is 7.25. The van der Waals surface area contributed by atoms with Crippen molar-refractivity contribution in [2.75, 3.05) is 6.79 Å². The van der Waals surface area contributed by atoms with Crippen LogP contribution in [0, 0.1) is 0 Å². The number of carbonyl (C=O) groups excluding carboxylic acids is 2. The zero-order valence-corrected chi connectivity index (χ0v) is 21.6. The minimum Gasteiger partial charge on any atom is -0.454 e. The molecule has 1 fully saturated rings. The highest BCUT2D eigenvalue weighted by Gasteiger charge is 2.29. The molecular formula is C29H33N3O5. The third-order valence-electron chi connectivity index (χ3n) is 7.03. The number of fused-ring (bicyclic) bond motifs is 1. The van der Waals surface area contributed by atoms with Gasteiger partial charge in [0, 0.05) is 24.2 Å². The molecule has 1 aromatic heterocycles. The van der Waals surface area contributed by atoms with Gasteiger partial charge in [-0.25, -0.2) is 0 Å². The molecule has 0 unspecified atom stereocenters. The Morgan fingerprint density at radius 1 is 1.00 bits per heavy atom. The fourth-order valence-electron chi connectivity index (χ4n) is 4.85. The Balaban J connectivity index is 1.25. The smallest absolute Gasteiger partial charge is 0.273 e. The molecule has 3 aromatic rings. The average molecular weight is 504 g/mol. The molecule has 1 saturated carbocycles. The molecule has 0 bridgehead atoms. The molecule has 5 rings (SSSR count). The van der Waals surface area contributed by atoms with Gasteiger partial charge in [0.1, 0.15) is 0 Å². The maximum Gasteiger partial charge on any atom is 0.273 e. The van der Waals surface area contributed by atoms with E-state index in [-0.39, 0.29) is 42.3 Å². The van der Waals surface area contributed by atoms with Gasteiger partial charge in [0.05, 0.1) is 6.54 Å². The van der Waals surface area contributed by atoms with Gasteiger partial charge < -0.3 is 24.2 Å². The molecule has 1 aliphatic carbocycles. The second-order valence-electron chi connectivity index (χ2n) is 10.7. The number of nitrogens with one attached hydrogen (secondary N) is 1. The van der Waals surface area contributed by atoms with Gasteiger partial charge in [-0.05, 0) is 53.6 Å².